The summed E-state index contributed by atoms with van der Waals surface area (Å²) in [5.41, 5.74) is 0.541. The monoisotopic (exact) mass is 251 g/mol. The van der Waals surface area contributed by atoms with Gasteiger partial charge in [0.15, 0.2) is 0 Å². The highest BCUT2D eigenvalue weighted by atomic mass is 19.1. The molecule has 4 heteroatoms. The fraction of sp³-hybridized carbons (Fsp3) is 0.500. The van der Waals surface area contributed by atoms with Crippen molar-refractivity contribution in [2.45, 2.75) is 31.7 Å². The minimum atomic E-state index is -0.229. The molecule has 0 heterocycles. The van der Waals surface area contributed by atoms with Gasteiger partial charge in [-0.05, 0) is 37.8 Å². The van der Waals surface area contributed by atoms with Crippen molar-refractivity contribution in [1.29, 1.82) is 0 Å². The summed E-state index contributed by atoms with van der Waals surface area (Å²) in [6, 6.07) is 6.91. The highest BCUT2D eigenvalue weighted by Gasteiger charge is 2.26. The first-order valence-corrected chi connectivity index (χ1v) is 6.29. The van der Waals surface area contributed by atoms with E-state index in [4.69, 9.17) is 4.74 Å². The van der Waals surface area contributed by atoms with Crippen molar-refractivity contribution < 1.29 is 13.9 Å². The van der Waals surface area contributed by atoms with Crippen LogP contribution in [0.4, 0.5) is 10.1 Å². The van der Waals surface area contributed by atoms with Gasteiger partial charge in [0, 0.05) is 6.04 Å². The van der Waals surface area contributed by atoms with Crippen molar-refractivity contribution >= 4 is 11.7 Å². The van der Waals surface area contributed by atoms with E-state index in [-0.39, 0.29) is 23.7 Å². The standard InChI is InChI=1S/C14H18FNO2/c1-18-14(17)10-6-8-11(9-7-10)16-13-5-3-2-4-12(13)15/h2-5,10-11,16H,6-9H2,1H3. The number of ether oxygens (including phenoxy) is 1. The van der Waals surface area contributed by atoms with Crippen LogP contribution in [0.25, 0.3) is 0 Å². The van der Waals surface area contributed by atoms with Gasteiger partial charge in [0.05, 0.1) is 18.7 Å². The average Bonchev–Trinajstić information content (AvgIpc) is 2.41. The summed E-state index contributed by atoms with van der Waals surface area (Å²) < 4.78 is 18.2. The van der Waals surface area contributed by atoms with Crippen molar-refractivity contribution in [3.8, 4) is 0 Å². The van der Waals surface area contributed by atoms with Gasteiger partial charge >= 0.3 is 5.97 Å². The number of hydrogen-bond donors (Lipinski definition) is 1. The molecule has 0 saturated heterocycles. The van der Waals surface area contributed by atoms with E-state index in [9.17, 15) is 9.18 Å². The molecule has 0 aromatic heterocycles. The Morgan fingerprint density at radius 3 is 2.56 bits per heavy atom. The van der Waals surface area contributed by atoms with Gasteiger partial charge in [0.2, 0.25) is 0 Å². The minimum absolute atomic E-state index is 0.00803. The topological polar surface area (TPSA) is 38.3 Å². The van der Waals surface area contributed by atoms with Crippen LogP contribution in [0.2, 0.25) is 0 Å². The van der Waals surface area contributed by atoms with Crippen LogP contribution in [-0.2, 0) is 9.53 Å². The predicted molar refractivity (Wildman–Crippen MR) is 67.8 cm³/mol. The number of esters is 1. The second-order valence-electron chi connectivity index (χ2n) is 4.70. The molecule has 18 heavy (non-hydrogen) atoms. The van der Waals surface area contributed by atoms with E-state index in [0.29, 0.717) is 5.69 Å². The fourth-order valence-electron chi connectivity index (χ4n) is 2.44. The summed E-state index contributed by atoms with van der Waals surface area (Å²) in [4.78, 5) is 11.4. The maximum Gasteiger partial charge on any atom is 0.308 e. The number of halogens is 1. The molecular weight excluding hydrogens is 233 g/mol. The Morgan fingerprint density at radius 2 is 1.94 bits per heavy atom. The highest BCUT2D eigenvalue weighted by Crippen LogP contribution is 2.28. The quantitative estimate of drug-likeness (QED) is 0.839. The number of hydrogen-bond acceptors (Lipinski definition) is 3. The van der Waals surface area contributed by atoms with Crippen LogP contribution in [-0.4, -0.2) is 19.1 Å². The van der Waals surface area contributed by atoms with Gasteiger partial charge in [-0.3, -0.25) is 4.79 Å². The first kappa shape index (κ1) is 12.9. The Labute approximate surface area is 106 Å². The number of anilines is 1. The highest BCUT2D eigenvalue weighted by molar-refractivity contribution is 5.72. The van der Waals surface area contributed by atoms with Crippen molar-refractivity contribution in [2.75, 3.05) is 12.4 Å². The number of para-hydroxylation sites is 1. The molecule has 0 atom stereocenters. The van der Waals surface area contributed by atoms with Gasteiger partial charge in [0.25, 0.3) is 0 Å². The SMILES string of the molecule is COC(=O)C1CCC(Nc2ccccc2F)CC1. The van der Waals surface area contributed by atoms with E-state index < -0.39 is 0 Å². The van der Waals surface area contributed by atoms with E-state index >= 15 is 0 Å². The molecule has 0 unspecified atom stereocenters. The van der Waals surface area contributed by atoms with Crippen LogP contribution in [0.5, 0.6) is 0 Å². The largest absolute Gasteiger partial charge is 0.469 e. The molecule has 0 bridgehead atoms. The summed E-state index contributed by atoms with van der Waals surface area (Å²) in [7, 11) is 1.42. The molecule has 98 valence electrons. The van der Waals surface area contributed by atoms with Crippen LogP contribution < -0.4 is 5.32 Å². The number of rotatable bonds is 3. The molecule has 0 radical (unpaired) electrons. The molecule has 1 aliphatic carbocycles. The van der Waals surface area contributed by atoms with Crippen LogP contribution >= 0.6 is 0 Å². The Morgan fingerprint density at radius 1 is 1.28 bits per heavy atom. The number of carbonyl (C=O) groups is 1. The molecule has 1 N–H and O–H groups in total. The Kier molecular flexibility index (Phi) is 4.18. The van der Waals surface area contributed by atoms with Crippen molar-refractivity contribution in [1.82, 2.24) is 0 Å². The second-order valence-corrected chi connectivity index (χ2v) is 4.70. The lowest BCUT2D eigenvalue weighted by molar-refractivity contribution is -0.146. The normalized spacial score (nSPS) is 23.4. The molecule has 1 aliphatic rings. The molecule has 0 amide bonds. The number of carbonyl (C=O) groups excluding carboxylic acids is 1. The maximum atomic E-state index is 13.5. The van der Waals surface area contributed by atoms with Gasteiger partial charge in [0.1, 0.15) is 5.82 Å². The summed E-state index contributed by atoms with van der Waals surface area (Å²) in [5, 5.41) is 3.20. The van der Waals surface area contributed by atoms with Crippen molar-refractivity contribution in [3.05, 3.63) is 30.1 Å². The van der Waals surface area contributed by atoms with E-state index in [1.165, 1.54) is 13.2 Å². The molecule has 1 saturated carbocycles. The van der Waals surface area contributed by atoms with Gasteiger partial charge in [-0.15, -0.1) is 0 Å². The third kappa shape index (κ3) is 3.00. The lowest BCUT2D eigenvalue weighted by Gasteiger charge is -2.28. The third-order valence-corrected chi connectivity index (χ3v) is 3.50. The number of methoxy groups -OCH3 is 1. The zero-order valence-electron chi connectivity index (χ0n) is 10.5. The summed E-state index contributed by atoms with van der Waals surface area (Å²) in [6.07, 6.45) is 3.35. The summed E-state index contributed by atoms with van der Waals surface area (Å²) >= 11 is 0. The molecule has 0 spiro atoms. The van der Waals surface area contributed by atoms with E-state index in [0.717, 1.165) is 25.7 Å². The lowest BCUT2D eigenvalue weighted by Crippen LogP contribution is -2.30. The van der Waals surface area contributed by atoms with Gasteiger partial charge in [-0.25, -0.2) is 4.39 Å². The van der Waals surface area contributed by atoms with Crippen molar-refractivity contribution in [3.63, 3.8) is 0 Å². The second kappa shape index (κ2) is 5.85. The van der Waals surface area contributed by atoms with Gasteiger partial charge < -0.3 is 10.1 Å². The van der Waals surface area contributed by atoms with Gasteiger partial charge in [-0.2, -0.15) is 0 Å². The van der Waals surface area contributed by atoms with Crippen LogP contribution in [0.1, 0.15) is 25.7 Å². The van der Waals surface area contributed by atoms with E-state index in [2.05, 4.69) is 5.32 Å². The lowest BCUT2D eigenvalue weighted by atomic mass is 9.86. The molecule has 1 aromatic rings. The zero-order valence-corrected chi connectivity index (χ0v) is 10.5. The van der Waals surface area contributed by atoms with E-state index in [1.807, 2.05) is 6.07 Å². The predicted octanol–water partition coefficient (Wildman–Crippen LogP) is 2.97. The molecule has 0 aliphatic heterocycles. The molecular formula is C14H18FNO2. The zero-order chi connectivity index (χ0) is 13.0. The molecule has 1 fully saturated rings. The minimum Gasteiger partial charge on any atom is -0.469 e. The number of benzene rings is 1. The third-order valence-electron chi connectivity index (χ3n) is 3.50. The van der Waals surface area contributed by atoms with Crippen molar-refractivity contribution in [2.24, 2.45) is 5.92 Å². The average molecular weight is 251 g/mol. The van der Waals surface area contributed by atoms with Crippen LogP contribution in [0.15, 0.2) is 24.3 Å². The molecule has 2 rings (SSSR count). The first-order chi connectivity index (χ1) is 8.70. The summed E-state index contributed by atoms with van der Waals surface area (Å²) in [6.45, 7) is 0. The fourth-order valence-corrected chi connectivity index (χ4v) is 2.44. The van der Waals surface area contributed by atoms with Crippen LogP contribution in [0, 0.1) is 11.7 Å². The molecule has 3 nitrogen and oxygen atoms in total. The Bertz CT molecular complexity index is 414. The Balaban J connectivity index is 1.87. The van der Waals surface area contributed by atoms with E-state index in [1.54, 1.807) is 12.1 Å². The maximum absolute atomic E-state index is 13.5. The smallest absolute Gasteiger partial charge is 0.308 e. The molecule has 1 aromatic carbocycles. The summed E-state index contributed by atoms with van der Waals surface area (Å²) in [5.74, 6) is -0.347. The Hall–Kier alpha value is -1.58. The number of nitrogens with one attached hydrogen (secondary N) is 1. The van der Waals surface area contributed by atoms with Gasteiger partial charge in [-0.1, -0.05) is 12.1 Å². The first-order valence-electron chi connectivity index (χ1n) is 6.29. The van der Waals surface area contributed by atoms with Crippen LogP contribution in [0.3, 0.4) is 0 Å².